The summed E-state index contributed by atoms with van der Waals surface area (Å²) < 4.78 is 5.60. The maximum Gasteiger partial charge on any atom is 0.262 e. The molecule has 0 bridgehead atoms. The van der Waals surface area contributed by atoms with E-state index in [-0.39, 0.29) is 23.8 Å². The minimum absolute atomic E-state index is 0.0363. The molecule has 0 saturated carbocycles. The van der Waals surface area contributed by atoms with E-state index in [0.29, 0.717) is 11.5 Å². The number of ether oxygens (including phenoxy) is 1. The Morgan fingerprint density at radius 1 is 1.03 bits per heavy atom. The van der Waals surface area contributed by atoms with Gasteiger partial charge in [0.1, 0.15) is 11.1 Å². The number of carbonyl (C=O) groups excluding carboxylic acids is 2. The van der Waals surface area contributed by atoms with Gasteiger partial charge in [0.15, 0.2) is 6.61 Å². The van der Waals surface area contributed by atoms with Crippen molar-refractivity contribution in [3.8, 4) is 5.75 Å². The van der Waals surface area contributed by atoms with E-state index in [9.17, 15) is 9.59 Å². The maximum atomic E-state index is 12.5. The fraction of sp³-hybridized carbons (Fsp3) is 0.167. The summed E-state index contributed by atoms with van der Waals surface area (Å²) in [6, 6.07) is 24.9. The molecule has 1 N–H and O–H groups in total. The van der Waals surface area contributed by atoms with Gasteiger partial charge >= 0.3 is 0 Å². The first-order chi connectivity index (χ1) is 14.6. The second-order valence-corrected chi connectivity index (χ2v) is 8.10. The largest absolute Gasteiger partial charge is 0.484 e. The van der Waals surface area contributed by atoms with Gasteiger partial charge in [0.2, 0.25) is 5.91 Å². The fourth-order valence-electron chi connectivity index (χ4n) is 3.25. The van der Waals surface area contributed by atoms with Crippen molar-refractivity contribution >= 4 is 35.0 Å². The monoisotopic (exact) mass is 418 g/mol. The first-order valence-electron chi connectivity index (χ1n) is 9.68. The standard InChI is InChI=1S/C24H22N2O3S/c1-17-7-9-19(10-8-17)25-22(27)15-29-21-13-11-20(12-14-21)26-23(28)16-30-24(26)18-5-3-2-4-6-18/h2-14,24H,15-16H2,1H3,(H,25,27). The van der Waals surface area contributed by atoms with Crippen LogP contribution in [0.3, 0.4) is 0 Å². The Morgan fingerprint density at radius 2 is 1.73 bits per heavy atom. The van der Waals surface area contributed by atoms with Gasteiger partial charge < -0.3 is 10.1 Å². The lowest BCUT2D eigenvalue weighted by molar-refractivity contribution is -0.118. The Balaban J connectivity index is 1.38. The van der Waals surface area contributed by atoms with Crippen LogP contribution in [0.25, 0.3) is 0 Å². The molecule has 3 aromatic rings. The number of nitrogens with zero attached hydrogens (tertiary/aromatic N) is 1. The topological polar surface area (TPSA) is 58.6 Å². The van der Waals surface area contributed by atoms with Gasteiger partial charge in [-0.05, 0) is 48.9 Å². The van der Waals surface area contributed by atoms with Crippen molar-refractivity contribution in [2.24, 2.45) is 0 Å². The number of rotatable bonds is 6. The lowest BCUT2D eigenvalue weighted by Crippen LogP contribution is -2.27. The molecular formula is C24H22N2O3S. The highest BCUT2D eigenvalue weighted by Gasteiger charge is 2.33. The minimum atomic E-state index is -0.224. The Hall–Kier alpha value is -3.25. The van der Waals surface area contributed by atoms with E-state index < -0.39 is 0 Å². The quantitative estimate of drug-likeness (QED) is 0.625. The molecule has 3 aromatic carbocycles. The van der Waals surface area contributed by atoms with Crippen molar-refractivity contribution in [1.82, 2.24) is 0 Å². The third kappa shape index (κ3) is 4.66. The molecule has 0 spiro atoms. The van der Waals surface area contributed by atoms with Crippen LogP contribution in [-0.4, -0.2) is 24.2 Å². The number of anilines is 2. The van der Waals surface area contributed by atoms with Crippen molar-refractivity contribution in [1.29, 1.82) is 0 Å². The molecule has 6 heteroatoms. The fourth-order valence-corrected chi connectivity index (χ4v) is 4.43. The number of aryl methyl sites for hydroxylation is 1. The molecule has 1 unspecified atom stereocenters. The normalized spacial score (nSPS) is 15.8. The SMILES string of the molecule is Cc1ccc(NC(=O)COc2ccc(N3C(=O)CSC3c3ccccc3)cc2)cc1. The summed E-state index contributed by atoms with van der Waals surface area (Å²) in [5, 5.41) is 2.77. The predicted molar refractivity (Wildman–Crippen MR) is 121 cm³/mol. The smallest absolute Gasteiger partial charge is 0.262 e. The van der Waals surface area contributed by atoms with E-state index in [1.165, 1.54) is 0 Å². The van der Waals surface area contributed by atoms with Crippen molar-refractivity contribution in [2.45, 2.75) is 12.3 Å². The highest BCUT2D eigenvalue weighted by Crippen LogP contribution is 2.41. The van der Waals surface area contributed by atoms with Crippen molar-refractivity contribution in [3.05, 3.63) is 90.0 Å². The third-order valence-corrected chi connectivity index (χ3v) is 5.99. The van der Waals surface area contributed by atoms with E-state index in [2.05, 4.69) is 5.32 Å². The third-order valence-electron chi connectivity index (χ3n) is 4.77. The molecule has 0 aliphatic carbocycles. The van der Waals surface area contributed by atoms with Gasteiger partial charge in [-0.1, -0.05) is 48.0 Å². The molecule has 1 aliphatic rings. The second kappa shape index (κ2) is 9.05. The molecule has 5 nitrogen and oxygen atoms in total. The van der Waals surface area contributed by atoms with Crippen LogP contribution in [0.4, 0.5) is 11.4 Å². The average Bonchev–Trinajstić information content (AvgIpc) is 3.16. The Morgan fingerprint density at radius 3 is 2.43 bits per heavy atom. The Kier molecular flexibility index (Phi) is 6.05. The van der Waals surface area contributed by atoms with Crippen molar-refractivity contribution in [2.75, 3.05) is 22.6 Å². The highest BCUT2D eigenvalue weighted by atomic mass is 32.2. The van der Waals surface area contributed by atoms with Gasteiger partial charge in [-0.15, -0.1) is 11.8 Å². The van der Waals surface area contributed by atoms with Crippen LogP contribution in [0.2, 0.25) is 0 Å². The van der Waals surface area contributed by atoms with Crippen LogP contribution in [0, 0.1) is 6.92 Å². The molecule has 0 radical (unpaired) electrons. The molecule has 1 heterocycles. The van der Waals surface area contributed by atoms with Crippen LogP contribution in [-0.2, 0) is 9.59 Å². The summed E-state index contributed by atoms with van der Waals surface area (Å²) in [5.41, 5.74) is 3.78. The van der Waals surface area contributed by atoms with Crippen LogP contribution in [0.15, 0.2) is 78.9 Å². The number of benzene rings is 3. The summed E-state index contributed by atoms with van der Waals surface area (Å²) in [6.07, 6.45) is 0. The van der Waals surface area contributed by atoms with Gasteiger partial charge in [-0.2, -0.15) is 0 Å². The van der Waals surface area contributed by atoms with Gasteiger partial charge in [0.25, 0.3) is 5.91 Å². The molecule has 1 saturated heterocycles. The van der Waals surface area contributed by atoms with E-state index in [1.807, 2.05) is 78.6 Å². The van der Waals surface area contributed by atoms with E-state index in [4.69, 9.17) is 4.74 Å². The van der Waals surface area contributed by atoms with Crippen LogP contribution < -0.4 is 15.0 Å². The van der Waals surface area contributed by atoms with E-state index in [0.717, 1.165) is 22.5 Å². The van der Waals surface area contributed by atoms with E-state index in [1.54, 1.807) is 23.9 Å². The minimum Gasteiger partial charge on any atom is -0.484 e. The van der Waals surface area contributed by atoms with Crippen LogP contribution in [0.5, 0.6) is 5.75 Å². The summed E-state index contributed by atoms with van der Waals surface area (Å²) in [7, 11) is 0. The molecule has 1 fully saturated rings. The van der Waals surface area contributed by atoms with E-state index >= 15 is 0 Å². The summed E-state index contributed by atoms with van der Waals surface area (Å²) >= 11 is 1.62. The van der Waals surface area contributed by atoms with Gasteiger partial charge in [0.05, 0.1) is 5.75 Å². The van der Waals surface area contributed by atoms with Crippen molar-refractivity contribution in [3.63, 3.8) is 0 Å². The number of carbonyl (C=O) groups is 2. The van der Waals surface area contributed by atoms with Gasteiger partial charge in [-0.3, -0.25) is 14.5 Å². The average molecular weight is 419 g/mol. The summed E-state index contributed by atoms with van der Waals surface area (Å²) in [4.78, 5) is 26.4. The zero-order chi connectivity index (χ0) is 20.9. The first-order valence-corrected chi connectivity index (χ1v) is 10.7. The number of amides is 2. The molecule has 0 aromatic heterocycles. The van der Waals surface area contributed by atoms with Gasteiger partial charge in [-0.25, -0.2) is 0 Å². The predicted octanol–water partition coefficient (Wildman–Crippen LogP) is 4.79. The second-order valence-electron chi connectivity index (χ2n) is 7.03. The molecular weight excluding hydrogens is 396 g/mol. The van der Waals surface area contributed by atoms with Crippen molar-refractivity contribution < 1.29 is 14.3 Å². The number of hydrogen-bond acceptors (Lipinski definition) is 4. The molecule has 30 heavy (non-hydrogen) atoms. The number of thioether (sulfide) groups is 1. The first kappa shape index (κ1) is 20.0. The number of hydrogen-bond donors (Lipinski definition) is 1. The molecule has 4 rings (SSSR count). The lowest BCUT2D eigenvalue weighted by atomic mass is 10.2. The molecule has 1 atom stereocenters. The van der Waals surface area contributed by atoms with Crippen LogP contribution >= 0.6 is 11.8 Å². The maximum absolute atomic E-state index is 12.5. The number of nitrogens with one attached hydrogen (secondary N) is 1. The van der Waals surface area contributed by atoms with Gasteiger partial charge in [0, 0.05) is 11.4 Å². The molecule has 2 amide bonds. The highest BCUT2D eigenvalue weighted by molar-refractivity contribution is 8.00. The Labute approximate surface area is 180 Å². The summed E-state index contributed by atoms with van der Waals surface area (Å²) in [6.45, 7) is 1.91. The molecule has 152 valence electrons. The zero-order valence-corrected chi connectivity index (χ0v) is 17.4. The Bertz CT molecular complexity index is 1020. The lowest BCUT2D eigenvalue weighted by Gasteiger charge is -2.24. The van der Waals surface area contributed by atoms with Crippen LogP contribution in [0.1, 0.15) is 16.5 Å². The summed E-state index contributed by atoms with van der Waals surface area (Å²) in [5.74, 6) is 0.892. The zero-order valence-electron chi connectivity index (χ0n) is 16.6. The molecule has 1 aliphatic heterocycles.